The first-order valence-corrected chi connectivity index (χ1v) is 9.88. The molecule has 1 aromatic heterocycles. The number of carbonyl (C=O) groups is 1. The van der Waals surface area contributed by atoms with Gasteiger partial charge in [-0.15, -0.1) is 10.2 Å². The van der Waals surface area contributed by atoms with E-state index in [1.54, 1.807) is 4.90 Å². The maximum absolute atomic E-state index is 12.6. The zero-order valence-corrected chi connectivity index (χ0v) is 17.3. The van der Waals surface area contributed by atoms with Crippen molar-refractivity contribution in [3.05, 3.63) is 46.5 Å². The van der Waals surface area contributed by atoms with E-state index in [2.05, 4.69) is 25.7 Å². The number of aromatic nitrogens is 2. The molecule has 0 radical (unpaired) electrons. The molecule has 1 aliphatic heterocycles. The fourth-order valence-electron chi connectivity index (χ4n) is 3.39. The number of carbonyl (C=O) groups excluding carboxylic acids is 1. The molecule has 0 saturated carbocycles. The average molecular weight is 403 g/mol. The first-order chi connectivity index (χ1) is 13.5. The Labute approximate surface area is 171 Å². The second-order valence-corrected chi connectivity index (χ2v) is 7.53. The number of urea groups is 1. The minimum absolute atomic E-state index is 0.0731. The monoisotopic (exact) mass is 402 g/mol. The first kappa shape index (κ1) is 20.2. The number of nitrogens with one attached hydrogen (secondary N) is 2. The van der Waals surface area contributed by atoms with Gasteiger partial charge in [0, 0.05) is 38.8 Å². The van der Waals surface area contributed by atoms with Gasteiger partial charge in [-0.3, -0.25) is 0 Å². The van der Waals surface area contributed by atoms with E-state index in [-0.39, 0.29) is 12.1 Å². The zero-order chi connectivity index (χ0) is 20.1. The summed E-state index contributed by atoms with van der Waals surface area (Å²) in [4.78, 5) is 16.6. The fraction of sp³-hybridized carbons (Fsp3) is 0.450. The van der Waals surface area contributed by atoms with Crippen molar-refractivity contribution in [2.24, 2.45) is 0 Å². The van der Waals surface area contributed by atoms with E-state index < -0.39 is 0 Å². The number of nitrogens with zero attached hydrogens (tertiary/aromatic N) is 4. The highest BCUT2D eigenvalue weighted by molar-refractivity contribution is 6.31. The number of amides is 2. The number of anilines is 2. The van der Waals surface area contributed by atoms with Crippen LogP contribution in [0, 0.1) is 6.92 Å². The van der Waals surface area contributed by atoms with E-state index in [9.17, 15) is 4.79 Å². The third kappa shape index (κ3) is 4.84. The maximum Gasteiger partial charge on any atom is 0.317 e. The Kier molecular flexibility index (Phi) is 6.57. The van der Waals surface area contributed by atoms with Gasteiger partial charge in [-0.2, -0.15) is 0 Å². The standard InChI is InChI=1S/C20H27ClN6O/c1-14-11-15(6-7-17(14)21)12-23-20(28)26(3)16-5-4-10-27(13-16)19-9-8-18(22-2)24-25-19/h6-9,11,16H,4-5,10,12-13H2,1-3H3,(H,22,24)(H,23,28)/t16-/m1/s1. The van der Waals surface area contributed by atoms with Gasteiger partial charge in [0.15, 0.2) is 5.82 Å². The number of aryl methyl sites for hydroxylation is 1. The molecule has 2 N–H and O–H groups in total. The van der Waals surface area contributed by atoms with E-state index in [4.69, 9.17) is 11.6 Å². The van der Waals surface area contributed by atoms with E-state index in [0.717, 1.165) is 53.7 Å². The lowest BCUT2D eigenvalue weighted by Gasteiger charge is -2.38. The van der Waals surface area contributed by atoms with Gasteiger partial charge in [-0.05, 0) is 49.1 Å². The molecule has 1 atom stereocenters. The SMILES string of the molecule is CNc1ccc(N2CCC[C@@H](N(C)C(=O)NCc3ccc(Cl)c(C)c3)C2)nn1. The van der Waals surface area contributed by atoms with Crippen molar-refractivity contribution in [1.82, 2.24) is 20.4 Å². The second kappa shape index (κ2) is 9.10. The number of hydrogen-bond donors (Lipinski definition) is 2. The van der Waals surface area contributed by atoms with Crippen LogP contribution < -0.4 is 15.5 Å². The number of likely N-dealkylation sites (N-methyl/N-ethyl adjacent to an activating group) is 1. The molecular weight excluding hydrogens is 376 g/mol. The third-order valence-corrected chi connectivity index (χ3v) is 5.59. The van der Waals surface area contributed by atoms with Gasteiger partial charge in [-0.1, -0.05) is 23.7 Å². The molecule has 0 bridgehead atoms. The molecule has 0 aliphatic carbocycles. The first-order valence-electron chi connectivity index (χ1n) is 9.50. The van der Waals surface area contributed by atoms with Crippen LogP contribution in [0.2, 0.25) is 5.02 Å². The van der Waals surface area contributed by atoms with Crippen molar-refractivity contribution >= 4 is 29.3 Å². The van der Waals surface area contributed by atoms with Crippen LogP contribution in [0.5, 0.6) is 0 Å². The van der Waals surface area contributed by atoms with Crippen LogP contribution in [0.15, 0.2) is 30.3 Å². The summed E-state index contributed by atoms with van der Waals surface area (Å²) in [6.45, 7) is 4.11. The lowest BCUT2D eigenvalue weighted by atomic mass is 10.0. The molecule has 7 nitrogen and oxygen atoms in total. The van der Waals surface area contributed by atoms with Crippen LogP contribution in [0.1, 0.15) is 24.0 Å². The van der Waals surface area contributed by atoms with Crippen molar-refractivity contribution in [2.75, 3.05) is 37.4 Å². The summed E-state index contributed by atoms with van der Waals surface area (Å²) in [5.74, 6) is 1.58. The summed E-state index contributed by atoms with van der Waals surface area (Å²) in [5.41, 5.74) is 2.05. The Morgan fingerprint density at radius 2 is 2.14 bits per heavy atom. The minimum Gasteiger partial charge on any atom is -0.372 e. The highest BCUT2D eigenvalue weighted by Crippen LogP contribution is 2.21. The Balaban J connectivity index is 1.56. The quantitative estimate of drug-likeness (QED) is 0.802. The highest BCUT2D eigenvalue weighted by atomic mass is 35.5. The summed E-state index contributed by atoms with van der Waals surface area (Å²) in [7, 11) is 3.67. The van der Waals surface area contributed by atoms with Crippen LogP contribution in [-0.4, -0.2) is 54.4 Å². The van der Waals surface area contributed by atoms with Gasteiger partial charge in [0.05, 0.1) is 6.04 Å². The average Bonchev–Trinajstić information content (AvgIpc) is 2.74. The molecule has 2 heterocycles. The largest absolute Gasteiger partial charge is 0.372 e. The zero-order valence-electron chi connectivity index (χ0n) is 16.6. The van der Waals surface area contributed by atoms with Crippen molar-refractivity contribution in [3.63, 3.8) is 0 Å². The molecule has 2 aromatic rings. The maximum atomic E-state index is 12.6. The molecular formula is C20H27ClN6O. The topological polar surface area (TPSA) is 73.4 Å². The van der Waals surface area contributed by atoms with Crippen molar-refractivity contribution in [2.45, 2.75) is 32.4 Å². The van der Waals surface area contributed by atoms with Crippen molar-refractivity contribution in [3.8, 4) is 0 Å². The molecule has 3 rings (SSSR count). The van der Waals surface area contributed by atoms with Crippen LogP contribution in [0.25, 0.3) is 0 Å². The molecule has 1 aliphatic rings. The van der Waals surface area contributed by atoms with Crippen molar-refractivity contribution < 1.29 is 4.79 Å². The minimum atomic E-state index is -0.0731. The Bertz CT molecular complexity index is 813. The van der Waals surface area contributed by atoms with E-state index in [0.29, 0.717) is 6.54 Å². The highest BCUT2D eigenvalue weighted by Gasteiger charge is 2.27. The van der Waals surface area contributed by atoms with E-state index in [1.165, 1.54) is 0 Å². The van der Waals surface area contributed by atoms with Crippen LogP contribution in [0.4, 0.5) is 16.4 Å². The van der Waals surface area contributed by atoms with Crippen LogP contribution in [-0.2, 0) is 6.54 Å². The van der Waals surface area contributed by atoms with Crippen LogP contribution in [0.3, 0.4) is 0 Å². The van der Waals surface area contributed by atoms with Gasteiger partial charge in [0.1, 0.15) is 5.82 Å². The van der Waals surface area contributed by atoms with Gasteiger partial charge in [0.2, 0.25) is 0 Å². The lowest BCUT2D eigenvalue weighted by Crippen LogP contribution is -2.51. The van der Waals surface area contributed by atoms with Crippen LogP contribution >= 0.6 is 11.6 Å². The molecule has 28 heavy (non-hydrogen) atoms. The molecule has 150 valence electrons. The number of rotatable bonds is 5. The predicted octanol–water partition coefficient (Wildman–Crippen LogP) is 3.29. The third-order valence-electron chi connectivity index (χ3n) is 5.16. The number of hydrogen-bond acceptors (Lipinski definition) is 5. The lowest BCUT2D eigenvalue weighted by molar-refractivity contribution is 0.182. The summed E-state index contributed by atoms with van der Waals surface area (Å²) >= 11 is 6.06. The Morgan fingerprint density at radius 1 is 1.32 bits per heavy atom. The molecule has 1 fully saturated rings. The molecule has 1 aromatic carbocycles. The van der Waals surface area contributed by atoms with Gasteiger partial charge in [-0.25, -0.2) is 4.79 Å². The molecule has 0 unspecified atom stereocenters. The molecule has 1 saturated heterocycles. The second-order valence-electron chi connectivity index (χ2n) is 7.12. The summed E-state index contributed by atoms with van der Waals surface area (Å²) < 4.78 is 0. The van der Waals surface area contributed by atoms with Gasteiger partial charge < -0.3 is 20.4 Å². The molecule has 2 amide bonds. The number of halogens is 1. The fourth-order valence-corrected chi connectivity index (χ4v) is 3.51. The summed E-state index contributed by atoms with van der Waals surface area (Å²) in [6.07, 6.45) is 1.98. The number of piperidine rings is 1. The van der Waals surface area contributed by atoms with Crippen molar-refractivity contribution in [1.29, 1.82) is 0 Å². The number of benzene rings is 1. The Hall–Kier alpha value is -2.54. The van der Waals surface area contributed by atoms with E-state index in [1.807, 2.05) is 51.4 Å². The molecule has 8 heteroatoms. The predicted molar refractivity (Wildman–Crippen MR) is 113 cm³/mol. The van der Waals surface area contributed by atoms with Gasteiger partial charge in [0.25, 0.3) is 0 Å². The summed E-state index contributed by atoms with van der Waals surface area (Å²) in [6, 6.07) is 9.73. The summed E-state index contributed by atoms with van der Waals surface area (Å²) in [5, 5.41) is 15.1. The molecule has 0 spiro atoms. The van der Waals surface area contributed by atoms with E-state index >= 15 is 0 Å². The Morgan fingerprint density at radius 3 is 2.82 bits per heavy atom. The van der Waals surface area contributed by atoms with Gasteiger partial charge >= 0.3 is 6.03 Å². The smallest absolute Gasteiger partial charge is 0.317 e. The normalized spacial score (nSPS) is 16.6.